The first kappa shape index (κ1) is 12.7. The number of primary amides is 1. The number of carbonyl (C=O) groups is 1. The van der Waals surface area contributed by atoms with Crippen molar-refractivity contribution in [3.8, 4) is 17.0 Å². The van der Waals surface area contributed by atoms with E-state index >= 15 is 0 Å². The van der Waals surface area contributed by atoms with E-state index in [0.717, 1.165) is 21.4 Å². The van der Waals surface area contributed by atoms with Gasteiger partial charge in [0.05, 0.1) is 5.69 Å². The van der Waals surface area contributed by atoms with Crippen LogP contribution in [-0.4, -0.2) is 15.5 Å². The molecule has 2 heterocycles. The van der Waals surface area contributed by atoms with Crippen molar-refractivity contribution in [2.45, 2.75) is 0 Å². The maximum absolute atomic E-state index is 10.7. The van der Waals surface area contributed by atoms with Crippen molar-refractivity contribution in [3.63, 3.8) is 0 Å². The second kappa shape index (κ2) is 4.97. The molecule has 0 aliphatic rings. The number of pyridine rings is 1. The third-order valence-corrected chi connectivity index (χ3v) is 3.25. The van der Waals surface area contributed by atoms with Gasteiger partial charge < -0.3 is 14.9 Å². The van der Waals surface area contributed by atoms with Crippen LogP contribution in [0.1, 0.15) is 0 Å². The Balaban J connectivity index is 1.96. The Bertz CT molecular complexity index is 781. The van der Waals surface area contributed by atoms with Crippen LogP contribution in [0, 0.1) is 0 Å². The summed E-state index contributed by atoms with van der Waals surface area (Å²) in [6.45, 7) is 0. The number of amides is 1. The number of aromatic nitrogens is 2. The molecular formula is C14H10BrN3O2. The molecule has 1 amide bonds. The minimum Gasteiger partial charge on any atom is -0.411 e. The Morgan fingerprint density at radius 1 is 1.15 bits per heavy atom. The first-order valence-corrected chi connectivity index (χ1v) is 6.63. The molecule has 0 fully saturated rings. The summed E-state index contributed by atoms with van der Waals surface area (Å²) in [5.74, 6) is 0.410. The van der Waals surface area contributed by atoms with Crippen molar-refractivity contribution < 1.29 is 9.53 Å². The molecule has 5 nitrogen and oxygen atoms in total. The van der Waals surface area contributed by atoms with Gasteiger partial charge in [-0.2, -0.15) is 0 Å². The second-order valence-electron chi connectivity index (χ2n) is 4.18. The fourth-order valence-electron chi connectivity index (χ4n) is 1.91. The Kier molecular flexibility index (Phi) is 3.15. The number of halogens is 1. The molecular weight excluding hydrogens is 322 g/mol. The Hall–Kier alpha value is -2.34. The molecule has 3 rings (SSSR count). The van der Waals surface area contributed by atoms with Gasteiger partial charge in [-0.05, 0) is 52.3 Å². The third-order valence-electron chi connectivity index (χ3n) is 2.78. The summed E-state index contributed by atoms with van der Waals surface area (Å²) in [5.41, 5.74) is 7.59. The first-order valence-electron chi connectivity index (χ1n) is 5.84. The number of carbonyl (C=O) groups excluding carboxylic acids is 1. The lowest BCUT2D eigenvalue weighted by Gasteiger charge is -2.01. The molecule has 1 aromatic carbocycles. The van der Waals surface area contributed by atoms with Crippen LogP contribution < -0.4 is 10.5 Å². The Labute approximate surface area is 123 Å². The van der Waals surface area contributed by atoms with Gasteiger partial charge in [-0.25, -0.2) is 9.78 Å². The zero-order valence-corrected chi connectivity index (χ0v) is 11.9. The summed E-state index contributed by atoms with van der Waals surface area (Å²) in [7, 11) is 0. The molecule has 0 atom stereocenters. The van der Waals surface area contributed by atoms with Gasteiger partial charge in [0, 0.05) is 22.4 Å². The normalized spacial score (nSPS) is 10.7. The minimum absolute atomic E-state index is 0.410. The largest absolute Gasteiger partial charge is 0.411 e. The molecule has 0 unspecified atom stereocenters. The average Bonchev–Trinajstić information content (AvgIpc) is 2.81. The van der Waals surface area contributed by atoms with Crippen molar-refractivity contribution >= 4 is 27.7 Å². The molecule has 2 aromatic heterocycles. The fraction of sp³-hybridized carbons (Fsp3) is 0. The highest BCUT2D eigenvalue weighted by Crippen LogP contribution is 2.23. The van der Waals surface area contributed by atoms with Crippen molar-refractivity contribution in [1.29, 1.82) is 0 Å². The molecule has 3 aromatic rings. The molecule has 0 saturated carbocycles. The van der Waals surface area contributed by atoms with E-state index in [1.807, 2.05) is 41.1 Å². The van der Waals surface area contributed by atoms with E-state index in [0.29, 0.717) is 5.75 Å². The molecule has 6 heteroatoms. The van der Waals surface area contributed by atoms with Gasteiger partial charge in [0.15, 0.2) is 0 Å². The van der Waals surface area contributed by atoms with Crippen LogP contribution in [-0.2, 0) is 0 Å². The number of benzene rings is 1. The number of fused-ring (bicyclic) bond motifs is 1. The quantitative estimate of drug-likeness (QED) is 0.783. The predicted octanol–water partition coefficient (Wildman–Crippen LogP) is 3.22. The highest BCUT2D eigenvalue weighted by molar-refractivity contribution is 9.10. The van der Waals surface area contributed by atoms with E-state index in [1.165, 1.54) is 0 Å². The number of hydrogen-bond donors (Lipinski definition) is 1. The summed E-state index contributed by atoms with van der Waals surface area (Å²) < 4.78 is 7.71. The maximum Gasteiger partial charge on any atom is 0.409 e. The second-order valence-corrected chi connectivity index (χ2v) is 5.10. The lowest BCUT2D eigenvalue weighted by Crippen LogP contribution is -2.16. The number of nitrogens with zero attached hydrogens (tertiary/aromatic N) is 2. The van der Waals surface area contributed by atoms with Gasteiger partial charge in [0.25, 0.3) is 0 Å². The van der Waals surface area contributed by atoms with Gasteiger partial charge >= 0.3 is 6.09 Å². The number of hydrogen-bond acceptors (Lipinski definition) is 3. The number of ether oxygens (including phenoxy) is 1. The topological polar surface area (TPSA) is 69.6 Å². The van der Waals surface area contributed by atoms with E-state index in [1.54, 1.807) is 12.1 Å². The van der Waals surface area contributed by atoms with Crippen LogP contribution in [0.3, 0.4) is 0 Å². The lowest BCUT2D eigenvalue weighted by molar-refractivity contribution is 0.211. The van der Waals surface area contributed by atoms with Crippen LogP contribution in [0.15, 0.2) is 53.3 Å². The molecule has 0 saturated heterocycles. The van der Waals surface area contributed by atoms with Crippen molar-refractivity contribution in [1.82, 2.24) is 9.38 Å². The zero-order chi connectivity index (χ0) is 14.1. The summed E-state index contributed by atoms with van der Waals surface area (Å²) in [6, 6.07) is 10.9. The molecule has 0 spiro atoms. The molecule has 0 aliphatic carbocycles. The van der Waals surface area contributed by atoms with Crippen LogP contribution in [0.5, 0.6) is 5.75 Å². The number of imidazole rings is 1. The van der Waals surface area contributed by atoms with Gasteiger partial charge in [-0.1, -0.05) is 0 Å². The SMILES string of the molecule is NC(=O)Oc1ccc(-c2cn3cc(Br)ccc3n2)cc1. The smallest absolute Gasteiger partial charge is 0.409 e. The predicted molar refractivity (Wildman–Crippen MR) is 78.5 cm³/mol. The first-order chi connectivity index (χ1) is 9.61. The number of nitrogens with two attached hydrogens (primary N) is 1. The molecule has 0 radical (unpaired) electrons. The van der Waals surface area contributed by atoms with Crippen molar-refractivity contribution in [2.75, 3.05) is 0 Å². The van der Waals surface area contributed by atoms with Crippen LogP contribution in [0.4, 0.5) is 4.79 Å². The van der Waals surface area contributed by atoms with E-state index in [4.69, 9.17) is 10.5 Å². The number of rotatable bonds is 2. The van der Waals surface area contributed by atoms with E-state index in [9.17, 15) is 4.79 Å². The van der Waals surface area contributed by atoms with Crippen LogP contribution in [0.25, 0.3) is 16.9 Å². The monoisotopic (exact) mass is 331 g/mol. The summed E-state index contributed by atoms with van der Waals surface area (Å²) >= 11 is 3.42. The molecule has 2 N–H and O–H groups in total. The van der Waals surface area contributed by atoms with E-state index in [2.05, 4.69) is 20.9 Å². The average molecular weight is 332 g/mol. The summed E-state index contributed by atoms with van der Waals surface area (Å²) in [6.07, 6.45) is 3.05. The van der Waals surface area contributed by atoms with E-state index in [-0.39, 0.29) is 0 Å². The van der Waals surface area contributed by atoms with Crippen LogP contribution >= 0.6 is 15.9 Å². The standard InChI is InChI=1S/C14H10BrN3O2/c15-10-3-6-13-17-12(8-18(13)7-10)9-1-4-11(5-2-9)20-14(16)19/h1-8H,(H2,16,19). The summed E-state index contributed by atoms with van der Waals surface area (Å²) in [4.78, 5) is 15.2. The maximum atomic E-state index is 10.7. The Morgan fingerprint density at radius 2 is 1.90 bits per heavy atom. The molecule has 0 bridgehead atoms. The van der Waals surface area contributed by atoms with Gasteiger partial charge in [-0.15, -0.1) is 0 Å². The van der Waals surface area contributed by atoms with Crippen LogP contribution in [0.2, 0.25) is 0 Å². The lowest BCUT2D eigenvalue weighted by atomic mass is 10.2. The zero-order valence-electron chi connectivity index (χ0n) is 10.3. The molecule has 100 valence electrons. The highest BCUT2D eigenvalue weighted by atomic mass is 79.9. The fourth-order valence-corrected chi connectivity index (χ4v) is 2.27. The van der Waals surface area contributed by atoms with Crippen molar-refractivity contribution in [3.05, 3.63) is 53.3 Å². The van der Waals surface area contributed by atoms with E-state index < -0.39 is 6.09 Å². The molecule has 20 heavy (non-hydrogen) atoms. The van der Waals surface area contributed by atoms with Gasteiger partial charge in [-0.3, -0.25) is 0 Å². The molecule has 0 aliphatic heterocycles. The highest BCUT2D eigenvalue weighted by Gasteiger charge is 2.05. The van der Waals surface area contributed by atoms with Gasteiger partial charge in [0.1, 0.15) is 11.4 Å². The van der Waals surface area contributed by atoms with Gasteiger partial charge in [0.2, 0.25) is 0 Å². The third kappa shape index (κ3) is 2.50. The minimum atomic E-state index is -0.824. The van der Waals surface area contributed by atoms with Crippen molar-refractivity contribution in [2.24, 2.45) is 5.73 Å². The summed E-state index contributed by atoms with van der Waals surface area (Å²) in [5, 5.41) is 0. The Morgan fingerprint density at radius 3 is 2.60 bits per heavy atom.